The van der Waals surface area contributed by atoms with Gasteiger partial charge in [-0.2, -0.15) is 0 Å². The normalized spacial score (nSPS) is 12.0. The molecule has 1 aromatic carbocycles. The highest BCUT2D eigenvalue weighted by molar-refractivity contribution is 5.92. The van der Waals surface area contributed by atoms with Crippen molar-refractivity contribution >= 4 is 11.6 Å². The van der Waals surface area contributed by atoms with Crippen LogP contribution in [0.2, 0.25) is 0 Å². The Morgan fingerprint density at radius 2 is 2.14 bits per heavy atom. The lowest BCUT2D eigenvalue weighted by Crippen LogP contribution is -2.18. The van der Waals surface area contributed by atoms with Crippen molar-refractivity contribution < 1.29 is 9.53 Å². The summed E-state index contributed by atoms with van der Waals surface area (Å²) in [4.78, 5) is 12.1. The molecule has 0 aliphatic rings. The summed E-state index contributed by atoms with van der Waals surface area (Å²) in [5.74, 6) is 0.541. The van der Waals surface area contributed by atoms with Gasteiger partial charge in [0.1, 0.15) is 12.3 Å². The van der Waals surface area contributed by atoms with Crippen LogP contribution in [-0.2, 0) is 11.3 Å². The highest BCUT2D eigenvalue weighted by Crippen LogP contribution is 2.23. The number of nitrogens with zero attached hydrogens (tertiary/aromatic N) is 1. The molecule has 112 valence electrons. The molecular weight excluding hydrogens is 266 g/mol. The van der Waals surface area contributed by atoms with Gasteiger partial charge in [-0.05, 0) is 30.2 Å². The Kier molecular flexibility index (Phi) is 5.00. The fraction of sp³-hybridized carbons (Fsp3) is 0.312. The molecule has 1 unspecified atom stereocenters. The van der Waals surface area contributed by atoms with Crippen molar-refractivity contribution in [2.24, 2.45) is 5.73 Å². The van der Waals surface area contributed by atoms with Gasteiger partial charge in [0.05, 0.1) is 12.8 Å². The van der Waals surface area contributed by atoms with Crippen LogP contribution in [0.25, 0.3) is 0 Å². The van der Waals surface area contributed by atoms with Crippen molar-refractivity contribution in [1.82, 2.24) is 4.57 Å². The number of hydrogen-bond acceptors (Lipinski definition) is 3. The number of aromatic nitrogens is 1. The summed E-state index contributed by atoms with van der Waals surface area (Å²) in [6.45, 7) is 2.28. The maximum absolute atomic E-state index is 12.1. The first-order valence-electron chi connectivity index (χ1n) is 6.98. The summed E-state index contributed by atoms with van der Waals surface area (Å²) in [6.07, 6.45) is 4.65. The van der Waals surface area contributed by atoms with Crippen LogP contribution in [0, 0.1) is 0 Å². The molecule has 1 aromatic heterocycles. The summed E-state index contributed by atoms with van der Waals surface area (Å²) in [7, 11) is 1.58. The predicted octanol–water partition coefficient (Wildman–Crippen LogP) is 2.55. The Balaban J connectivity index is 2.00. The third-order valence-electron chi connectivity index (χ3n) is 3.35. The van der Waals surface area contributed by atoms with Crippen molar-refractivity contribution in [3.8, 4) is 5.75 Å². The quantitative estimate of drug-likeness (QED) is 0.858. The average Bonchev–Trinajstić information content (AvgIpc) is 2.95. The Bertz CT molecular complexity index is 607. The standard InChI is InChI=1S/C16H21N3O2/c1-3-13(17)12-8-9-19(10-12)11-16(20)18-14-6-4-5-7-15(14)21-2/h4-10,13H,3,11,17H2,1-2H3,(H,18,20). The minimum Gasteiger partial charge on any atom is -0.495 e. The Morgan fingerprint density at radius 3 is 2.86 bits per heavy atom. The first kappa shape index (κ1) is 15.1. The molecule has 0 spiro atoms. The smallest absolute Gasteiger partial charge is 0.244 e. The SMILES string of the molecule is CCC(N)c1ccn(CC(=O)Nc2ccccc2OC)c1. The average molecular weight is 287 g/mol. The number of amides is 1. The molecule has 0 aliphatic heterocycles. The molecule has 2 aromatic rings. The van der Waals surface area contributed by atoms with E-state index >= 15 is 0 Å². The van der Waals surface area contributed by atoms with Crippen LogP contribution in [0.5, 0.6) is 5.75 Å². The maximum Gasteiger partial charge on any atom is 0.244 e. The number of rotatable bonds is 6. The third kappa shape index (κ3) is 3.86. The Labute approximate surface area is 124 Å². The number of hydrogen-bond donors (Lipinski definition) is 2. The van der Waals surface area contributed by atoms with E-state index in [-0.39, 0.29) is 18.5 Å². The fourth-order valence-electron chi connectivity index (χ4n) is 2.12. The summed E-state index contributed by atoms with van der Waals surface area (Å²) in [5.41, 5.74) is 7.68. The van der Waals surface area contributed by atoms with Crippen molar-refractivity contribution in [2.45, 2.75) is 25.9 Å². The summed E-state index contributed by atoms with van der Waals surface area (Å²) >= 11 is 0. The molecule has 0 radical (unpaired) electrons. The molecule has 1 heterocycles. The zero-order valence-corrected chi connectivity index (χ0v) is 12.4. The first-order valence-corrected chi connectivity index (χ1v) is 6.98. The number of benzene rings is 1. The van der Waals surface area contributed by atoms with E-state index in [0.717, 1.165) is 12.0 Å². The van der Waals surface area contributed by atoms with Crippen LogP contribution in [0.4, 0.5) is 5.69 Å². The van der Waals surface area contributed by atoms with Crippen LogP contribution in [-0.4, -0.2) is 17.6 Å². The van der Waals surface area contributed by atoms with E-state index in [1.807, 2.05) is 54.2 Å². The van der Waals surface area contributed by atoms with Gasteiger partial charge in [0, 0.05) is 18.4 Å². The minimum atomic E-state index is -0.105. The van der Waals surface area contributed by atoms with E-state index in [0.29, 0.717) is 11.4 Å². The van der Waals surface area contributed by atoms with Crippen LogP contribution in [0.15, 0.2) is 42.7 Å². The van der Waals surface area contributed by atoms with Crippen molar-refractivity contribution in [2.75, 3.05) is 12.4 Å². The fourth-order valence-corrected chi connectivity index (χ4v) is 2.12. The van der Waals surface area contributed by atoms with Gasteiger partial charge >= 0.3 is 0 Å². The van der Waals surface area contributed by atoms with Crippen LogP contribution in [0.1, 0.15) is 24.9 Å². The monoisotopic (exact) mass is 287 g/mol. The number of para-hydroxylation sites is 2. The minimum absolute atomic E-state index is 0.0172. The van der Waals surface area contributed by atoms with E-state index < -0.39 is 0 Å². The number of methoxy groups -OCH3 is 1. The van der Waals surface area contributed by atoms with E-state index in [2.05, 4.69) is 5.32 Å². The second-order valence-corrected chi connectivity index (χ2v) is 4.88. The van der Waals surface area contributed by atoms with E-state index in [4.69, 9.17) is 10.5 Å². The highest BCUT2D eigenvalue weighted by Gasteiger charge is 2.09. The zero-order valence-electron chi connectivity index (χ0n) is 12.4. The molecule has 3 N–H and O–H groups in total. The molecule has 21 heavy (non-hydrogen) atoms. The van der Waals surface area contributed by atoms with Gasteiger partial charge in [-0.15, -0.1) is 0 Å². The molecule has 0 saturated carbocycles. The van der Waals surface area contributed by atoms with Gasteiger partial charge in [0.25, 0.3) is 0 Å². The van der Waals surface area contributed by atoms with Gasteiger partial charge in [-0.3, -0.25) is 4.79 Å². The number of nitrogens with one attached hydrogen (secondary N) is 1. The number of carbonyl (C=O) groups excluding carboxylic acids is 1. The molecule has 5 nitrogen and oxygen atoms in total. The molecular formula is C16H21N3O2. The molecule has 0 fully saturated rings. The number of anilines is 1. The van der Waals surface area contributed by atoms with Crippen molar-refractivity contribution in [3.05, 3.63) is 48.3 Å². The van der Waals surface area contributed by atoms with Gasteiger partial charge in [0.15, 0.2) is 0 Å². The van der Waals surface area contributed by atoms with E-state index in [1.165, 1.54) is 0 Å². The van der Waals surface area contributed by atoms with Crippen LogP contribution >= 0.6 is 0 Å². The first-order chi connectivity index (χ1) is 10.1. The molecule has 5 heteroatoms. The maximum atomic E-state index is 12.1. The molecule has 2 rings (SSSR count). The van der Waals surface area contributed by atoms with Gasteiger partial charge in [0.2, 0.25) is 5.91 Å². The largest absolute Gasteiger partial charge is 0.495 e. The topological polar surface area (TPSA) is 69.3 Å². The molecule has 1 amide bonds. The Hall–Kier alpha value is -2.27. The van der Waals surface area contributed by atoms with Crippen LogP contribution < -0.4 is 15.8 Å². The number of ether oxygens (including phenoxy) is 1. The number of carbonyl (C=O) groups is 1. The lowest BCUT2D eigenvalue weighted by Gasteiger charge is -2.10. The summed E-state index contributed by atoms with van der Waals surface area (Å²) < 4.78 is 7.04. The third-order valence-corrected chi connectivity index (χ3v) is 3.35. The van der Waals surface area contributed by atoms with Gasteiger partial charge < -0.3 is 20.4 Å². The molecule has 0 aliphatic carbocycles. The van der Waals surface area contributed by atoms with E-state index in [1.54, 1.807) is 7.11 Å². The number of nitrogens with two attached hydrogens (primary N) is 1. The lowest BCUT2D eigenvalue weighted by atomic mass is 10.1. The van der Waals surface area contributed by atoms with Gasteiger partial charge in [-0.1, -0.05) is 19.1 Å². The van der Waals surface area contributed by atoms with Crippen molar-refractivity contribution in [3.63, 3.8) is 0 Å². The molecule has 0 bridgehead atoms. The van der Waals surface area contributed by atoms with Crippen molar-refractivity contribution in [1.29, 1.82) is 0 Å². The summed E-state index contributed by atoms with van der Waals surface area (Å²) in [6, 6.07) is 9.30. The van der Waals surface area contributed by atoms with E-state index in [9.17, 15) is 4.79 Å². The summed E-state index contributed by atoms with van der Waals surface area (Å²) in [5, 5.41) is 2.85. The molecule has 0 saturated heterocycles. The zero-order chi connectivity index (χ0) is 15.2. The van der Waals surface area contributed by atoms with Gasteiger partial charge in [-0.25, -0.2) is 0 Å². The molecule has 1 atom stereocenters. The Morgan fingerprint density at radius 1 is 1.38 bits per heavy atom. The predicted molar refractivity (Wildman–Crippen MR) is 83.3 cm³/mol. The second kappa shape index (κ2) is 6.95. The van der Waals surface area contributed by atoms with Crippen LogP contribution in [0.3, 0.4) is 0 Å². The second-order valence-electron chi connectivity index (χ2n) is 4.88. The lowest BCUT2D eigenvalue weighted by molar-refractivity contribution is -0.116. The highest BCUT2D eigenvalue weighted by atomic mass is 16.5.